The summed E-state index contributed by atoms with van der Waals surface area (Å²) in [5, 5.41) is 0. The zero-order chi connectivity index (χ0) is 8.53. The normalized spacial score (nSPS) is 10.2. The van der Waals surface area contributed by atoms with Crippen molar-refractivity contribution in [3.8, 4) is 0 Å². The zero-order valence-corrected chi connectivity index (χ0v) is 6.19. The molecule has 0 bridgehead atoms. The lowest BCUT2D eigenvalue weighted by Crippen LogP contribution is -1.92. The van der Waals surface area contributed by atoms with E-state index in [4.69, 9.17) is 0 Å². The van der Waals surface area contributed by atoms with Gasteiger partial charge in [0.25, 0.3) is 0 Å². The van der Waals surface area contributed by atoms with E-state index in [1.54, 1.807) is 0 Å². The Hall–Kier alpha value is -1.57. The van der Waals surface area contributed by atoms with Crippen molar-refractivity contribution in [2.24, 2.45) is 0 Å². The Bertz CT molecular complexity index is 200. The summed E-state index contributed by atoms with van der Waals surface area (Å²) in [5.74, 6) is -0.428. The molecular formula is C9H10O2. The van der Waals surface area contributed by atoms with Crippen molar-refractivity contribution in [1.29, 1.82) is 0 Å². The lowest BCUT2D eigenvalue weighted by Gasteiger charge is -1.88. The minimum atomic E-state index is -0.428. The van der Waals surface area contributed by atoms with Crippen LogP contribution >= 0.6 is 0 Å². The van der Waals surface area contributed by atoms with Crippen LogP contribution in [-0.4, -0.2) is 5.97 Å². The van der Waals surface area contributed by atoms with E-state index in [9.17, 15) is 4.79 Å². The topological polar surface area (TPSA) is 26.3 Å². The maximum atomic E-state index is 10.6. The molecule has 0 amide bonds. The summed E-state index contributed by atoms with van der Waals surface area (Å²) >= 11 is 0. The van der Waals surface area contributed by atoms with Crippen LogP contribution in [0, 0.1) is 0 Å². The number of allylic oxidation sites excluding steroid dienone is 4. The van der Waals surface area contributed by atoms with Gasteiger partial charge in [-0.15, -0.1) is 0 Å². The number of hydrogen-bond donors (Lipinski definition) is 0. The monoisotopic (exact) mass is 150 g/mol. The molecule has 0 aliphatic heterocycles. The summed E-state index contributed by atoms with van der Waals surface area (Å²) in [7, 11) is 0. The first kappa shape index (κ1) is 9.43. The second kappa shape index (κ2) is 6.55. The molecule has 0 saturated carbocycles. The van der Waals surface area contributed by atoms with Gasteiger partial charge in [0.15, 0.2) is 0 Å². The largest absolute Gasteiger partial charge is 0.431 e. The van der Waals surface area contributed by atoms with Crippen molar-refractivity contribution in [1.82, 2.24) is 0 Å². The van der Waals surface area contributed by atoms with E-state index in [2.05, 4.69) is 17.9 Å². The first-order chi connectivity index (χ1) is 5.31. The van der Waals surface area contributed by atoms with Gasteiger partial charge in [0.2, 0.25) is 0 Å². The molecule has 0 atom stereocenters. The molecule has 0 heterocycles. The number of rotatable bonds is 4. The second-order valence-corrected chi connectivity index (χ2v) is 1.60. The van der Waals surface area contributed by atoms with Crippen LogP contribution in [0.2, 0.25) is 0 Å². The first-order valence-corrected chi connectivity index (χ1v) is 3.08. The van der Waals surface area contributed by atoms with Crippen LogP contribution in [0.5, 0.6) is 0 Å². The van der Waals surface area contributed by atoms with E-state index in [0.29, 0.717) is 0 Å². The summed E-state index contributed by atoms with van der Waals surface area (Å²) in [6.45, 7) is 6.81. The third kappa shape index (κ3) is 6.31. The van der Waals surface area contributed by atoms with Crippen molar-refractivity contribution in [2.75, 3.05) is 0 Å². The Kier molecular flexibility index (Phi) is 5.61. The van der Waals surface area contributed by atoms with Crippen molar-refractivity contribution in [3.63, 3.8) is 0 Å². The Morgan fingerprint density at radius 1 is 1.18 bits per heavy atom. The molecule has 0 spiro atoms. The summed E-state index contributed by atoms with van der Waals surface area (Å²) in [6, 6.07) is 0. The van der Waals surface area contributed by atoms with Crippen LogP contribution in [0.15, 0.2) is 49.8 Å². The van der Waals surface area contributed by atoms with Gasteiger partial charge in [-0.25, -0.2) is 4.79 Å². The molecule has 58 valence electrons. The Labute approximate surface area is 66.2 Å². The van der Waals surface area contributed by atoms with Crippen molar-refractivity contribution < 1.29 is 9.53 Å². The van der Waals surface area contributed by atoms with Gasteiger partial charge in [-0.05, 0) is 6.08 Å². The second-order valence-electron chi connectivity index (χ2n) is 1.60. The smallest absolute Gasteiger partial charge is 0.335 e. The van der Waals surface area contributed by atoms with Gasteiger partial charge in [-0.1, -0.05) is 31.4 Å². The average molecular weight is 150 g/mol. The fourth-order valence-electron chi connectivity index (χ4n) is 0.348. The van der Waals surface area contributed by atoms with Crippen LogP contribution in [0.25, 0.3) is 0 Å². The van der Waals surface area contributed by atoms with Gasteiger partial charge in [-0.3, -0.25) is 0 Å². The molecule has 0 rings (SSSR count). The van der Waals surface area contributed by atoms with Crippen LogP contribution in [0.4, 0.5) is 0 Å². The van der Waals surface area contributed by atoms with E-state index < -0.39 is 5.97 Å². The number of hydrogen-bond acceptors (Lipinski definition) is 2. The summed E-state index contributed by atoms with van der Waals surface area (Å²) in [6.07, 6.45) is 8.59. The molecule has 0 saturated heterocycles. The Morgan fingerprint density at radius 2 is 1.82 bits per heavy atom. The molecule has 0 N–H and O–H groups in total. The maximum Gasteiger partial charge on any atom is 0.335 e. The lowest BCUT2D eigenvalue weighted by molar-refractivity contribution is -0.132. The predicted octanol–water partition coefficient (Wildman–Crippen LogP) is 1.97. The number of carbonyl (C=O) groups excluding carboxylic acids is 1. The predicted molar refractivity (Wildman–Crippen MR) is 44.8 cm³/mol. The number of ether oxygens (including phenoxy) is 1. The molecule has 2 nitrogen and oxygen atoms in total. The van der Waals surface area contributed by atoms with Crippen molar-refractivity contribution >= 4 is 5.97 Å². The molecule has 0 aliphatic carbocycles. The van der Waals surface area contributed by atoms with Gasteiger partial charge >= 0.3 is 5.97 Å². The quantitative estimate of drug-likeness (QED) is 0.265. The van der Waals surface area contributed by atoms with Gasteiger partial charge in [-0.2, -0.15) is 0 Å². The fraction of sp³-hybridized carbons (Fsp3) is 0. The number of carbonyl (C=O) groups is 1. The molecule has 0 aliphatic rings. The van der Waals surface area contributed by atoms with Crippen molar-refractivity contribution in [3.05, 3.63) is 49.8 Å². The molecule has 0 aromatic heterocycles. The third-order valence-corrected chi connectivity index (χ3v) is 0.767. The molecule has 2 heteroatoms. The highest BCUT2D eigenvalue weighted by molar-refractivity contribution is 5.82. The van der Waals surface area contributed by atoms with E-state index in [0.717, 1.165) is 0 Å². The van der Waals surface area contributed by atoms with Crippen LogP contribution in [-0.2, 0) is 9.53 Å². The molecule has 0 aromatic carbocycles. The zero-order valence-electron chi connectivity index (χ0n) is 6.19. The molecule has 0 radical (unpaired) electrons. The maximum absolute atomic E-state index is 10.6. The Balaban J connectivity index is 3.69. The van der Waals surface area contributed by atoms with Crippen LogP contribution in [0.1, 0.15) is 0 Å². The van der Waals surface area contributed by atoms with E-state index in [-0.39, 0.29) is 0 Å². The van der Waals surface area contributed by atoms with E-state index >= 15 is 0 Å². The minimum absolute atomic E-state index is 0.428. The molecule has 0 aromatic rings. The van der Waals surface area contributed by atoms with Crippen LogP contribution in [0.3, 0.4) is 0 Å². The highest BCUT2D eigenvalue weighted by Crippen LogP contribution is 1.83. The number of esters is 1. The lowest BCUT2D eigenvalue weighted by atomic mass is 10.5. The van der Waals surface area contributed by atoms with Gasteiger partial charge < -0.3 is 4.74 Å². The van der Waals surface area contributed by atoms with Crippen LogP contribution < -0.4 is 0 Å². The summed E-state index contributed by atoms with van der Waals surface area (Å²) in [5.41, 5.74) is 0. The highest BCUT2D eigenvalue weighted by atomic mass is 16.5. The van der Waals surface area contributed by atoms with Gasteiger partial charge in [0.05, 0.1) is 6.26 Å². The van der Waals surface area contributed by atoms with Crippen molar-refractivity contribution in [2.45, 2.75) is 0 Å². The fourth-order valence-corrected chi connectivity index (χ4v) is 0.348. The molecule has 0 unspecified atom stereocenters. The minimum Gasteiger partial charge on any atom is -0.431 e. The highest BCUT2D eigenvalue weighted by Gasteiger charge is 1.88. The first-order valence-electron chi connectivity index (χ1n) is 3.08. The van der Waals surface area contributed by atoms with E-state index in [1.807, 2.05) is 0 Å². The molecule has 0 fully saturated rings. The summed E-state index contributed by atoms with van der Waals surface area (Å²) < 4.78 is 4.56. The average Bonchev–Trinajstić information content (AvgIpc) is 2.01. The SMILES string of the molecule is C=C/C=C/OC(=O)/C=C/C=C. The standard InChI is InChI=1S/C9H10O2/c1-3-5-7-9(10)11-8-6-4-2/h3-8H,1-2H2/b7-5+,8-6+. The van der Waals surface area contributed by atoms with Gasteiger partial charge in [0, 0.05) is 6.08 Å². The van der Waals surface area contributed by atoms with E-state index in [1.165, 1.54) is 36.6 Å². The summed E-state index contributed by atoms with van der Waals surface area (Å²) in [4.78, 5) is 10.6. The molecule has 11 heavy (non-hydrogen) atoms. The Morgan fingerprint density at radius 3 is 2.36 bits per heavy atom. The third-order valence-electron chi connectivity index (χ3n) is 0.767. The molecular weight excluding hydrogens is 140 g/mol. The van der Waals surface area contributed by atoms with Gasteiger partial charge in [0.1, 0.15) is 0 Å².